The standard InChI is InChI=1S/C14H18N2O4/c1-14(2)12(17)15-13(18)16(14)8-9-5-6-10(19-3)11(7-9)20-4/h5-7H,8H2,1-4H3,(H,15,17,18). The molecule has 1 aliphatic heterocycles. The molecule has 1 aromatic rings. The predicted octanol–water partition coefficient (Wildman–Crippen LogP) is 1.53. The van der Waals surface area contributed by atoms with Gasteiger partial charge in [0.2, 0.25) is 0 Å². The van der Waals surface area contributed by atoms with E-state index in [-0.39, 0.29) is 11.9 Å². The van der Waals surface area contributed by atoms with Gasteiger partial charge in [0, 0.05) is 6.54 Å². The predicted molar refractivity (Wildman–Crippen MR) is 72.7 cm³/mol. The zero-order chi connectivity index (χ0) is 14.9. The number of carbonyl (C=O) groups excluding carboxylic acids is 2. The van der Waals surface area contributed by atoms with Gasteiger partial charge in [-0.25, -0.2) is 4.79 Å². The molecule has 0 radical (unpaired) electrons. The number of nitrogens with one attached hydrogen (secondary N) is 1. The molecule has 0 saturated carbocycles. The molecule has 1 heterocycles. The van der Waals surface area contributed by atoms with Crippen LogP contribution in [0.15, 0.2) is 18.2 Å². The van der Waals surface area contributed by atoms with Crippen LogP contribution in [0, 0.1) is 0 Å². The summed E-state index contributed by atoms with van der Waals surface area (Å²) in [4.78, 5) is 25.0. The zero-order valence-corrected chi connectivity index (χ0v) is 12.0. The lowest BCUT2D eigenvalue weighted by Gasteiger charge is -2.28. The fourth-order valence-electron chi connectivity index (χ4n) is 2.12. The second kappa shape index (κ2) is 5.03. The van der Waals surface area contributed by atoms with Gasteiger partial charge >= 0.3 is 6.03 Å². The fourth-order valence-corrected chi connectivity index (χ4v) is 2.12. The number of hydrogen-bond donors (Lipinski definition) is 1. The molecular weight excluding hydrogens is 260 g/mol. The lowest BCUT2D eigenvalue weighted by Crippen LogP contribution is -2.43. The second-order valence-corrected chi connectivity index (χ2v) is 5.09. The van der Waals surface area contributed by atoms with Crippen LogP contribution in [0.1, 0.15) is 19.4 Å². The van der Waals surface area contributed by atoms with Gasteiger partial charge in [-0.05, 0) is 31.5 Å². The van der Waals surface area contributed by atoms with Crippen molar-refractivity contribution in [1.29, 1.82) is 0 Å². The molecule has 0 atom stereocenters. The minimum absolute atomic E-state index is 0.289. The van der Waals surface area contributed by atoms with Crippen molar-refractivity contribution in [3.05, 3.63) is 23.8 Å². The maximum Gasteiger partial charge on any atom is 0.325 e. The molecule has 3 amide bonds. The van der Waals surface area contributed by atoms with Crippen molar-refractivity contribution in [2.24, 2.45) is 0 Å². The minimum Gasteiger partial charge on any atom is -0.493 e. The third-order valence-corrected chi connectivity index (χ3v) is 3.48. The van der Waals surface area contributed by atoms with Gasteiger partial charge < -0.3 is 14.4 Å². The van der Waals surface area contributed by atoms with Crippen LogP contribution < -0.4 is 14.8 Å². The van der Waals surface area contributed by atoms with Crippen LogP contribution in [0.2, 0.25) is 0 Å². The van der Waals surface area contributed by atoms with Gasteiger partial charge in [0.15, 0.2) is 11.5 Å². The molecule has 1 aliphatic rings. The minimum atomic E-state index is -0.857. The molecular formula is C14H18N2O4. The number of ether oxygens (including phenoxy) is 2. The number of imide groups is 1. The Balaban J connectivity index is 2.26. The Hall–Kier alpha value is -2.24. The topological polar surface area (TPSA) is 67.9 Å². The SMILES string of the molecule is COc1ccc(CN2C(=O)NC(=O)C2(C)C)cc1OC. The number of carbonyl (C=O) groups is 2. The number of hydrogen-bond acceptors (Lipinski definition) is 4. The summed E-state index contributed by atoms with van der Waals surface area (Å²) >= 11 is 0. The summed E-state index contributed by atoms with van der Waals surface area (Å²) in [6, 6.07) is 5.03. The van der Waals surface area contributed by atoms with Crippen molar-refractivity contribution < 1.29 is 19.1 Å². The van der Waals surface area contributed by atoms with Gasteiger partial charge in [-0.15, -0.1) is 0 Å². The molecule has 108 valence electrons. The zero-order valence-electron chi connectivity index (χ0n) is 12.0. The van der Waals surface area contributed by atoms with E-state index in [0.29, 0.717) is 18.0 Å². The van der Waals surface area contributed by atoms with Crippen LogP contribution in [0.4, 0.5) is 4.79 Å². The van der Waals surface area contributed by atoms with Crippen LogP contribution >= 0.6 is 0 Å². The van der Waals surface area contributed by atoms with Gasteiger partial charge in [-0.3, -0.25) is 10.1 Å². The highest BCUT2D eigenvalue weighted by Crippen LogP contribution is 2.30. The Morgan fingerprint density at radius 1 is 1.15 bits per heavy atom. The average Bonchev–Trinajstić information content (AvgIpc) is 2.61. The van der Waals surface area contributed by atoms with Crippen molar-refractivity contribution in [3.63, 3.8) is 0 Å². The molecule has 0 spiro atoms. The summed E-state index contributed by atoms with van der Waals surface area (Å²) in [5, 5.41) is 2.32. The van der Waals surface area contributed by atoms with Crippen molar-refractivity contribution >= 4 is 11.9 Å². The molecule has 0 aromatic heterocycles. The molecule has 0 unspecified atom stereocenters. The normalized spacial score (nSPS) is 17.1. The van der Waals surface area contributed by atoms with Crippen molar-refractivity contribution in [3.8, 4) is 11.5 Å². The molecule has 0 bridgehead atoms. The third-order valence-electron chi connectivity index (χ3n) is 3.48. The molecule has 1 N–H and O–H groups in total. The molecule has 1 fully saturated rings. The molecule has 1 aromatic carbocycles. The van der Waals surface area contributed by atoms with Crippen molar-refractivity contribution in [2.75, 3.05) is 14.2 Å². The van der Waals surface area contributed by atoms with Crippen molar-refractivity contribution in [2.45, 2.75) is 25.9 Å². The maximum atomic E-state index is 11.8. The van der Waals surface area contributed by atoms with E-state index in [4.69, 9.17) is 9.47 Å². The lowest BCUT2D eigenvalue weighted by molar-refractivity contribution is -0.125. The number of methoxy groups -OCH3 is 2. The first-order valence-electron chi connectivity index (χ1n) is 6.24. The van der Waals surface area contributed by atoms with E-state index in [1.165, 1.54) is 4.90 Å². The molecule has 1 saturated heterocycles. The summed E-state index contributed by atoms with van der Waals surface area (Å²) in [5.74, 6) is 0.925. The summed E-state index contributed by atoms with van der Waals surface area (Å²) in [7, 11) is 3.12. The molecule has 6 nitrogen and oxygen atoms in total. The summed E-state index contributed by atoms with van der Waals surface area (Å²) in [5.41, 5.74) is 0.00474. The van der Waals surface area contributed by atoms with Crippen LogP contribution in [0.3, 0.4) is 0 Å². The average molecular weight is 278 g/mol. The van der Waals surface area contributed by atoms with Crippen LogP contribution in [-0.2, 0) is 11.3 Å². The van der Waals surface area contributed by atoms with Gasteiger partial charge in [0.1, 0.15) is 5.54 Å². The Labute approximate surface area is 117 Å². The number of rotatable bonds is 4. The molecule has 6 heteroatoms. The summed E-state index contributed by atoms with van der Waals surface area (Å²) in [6.07, 6.45) is 0. The fraction of sp³-hybridized carbons (Fsp3) is 0.429. The van der Waals surface area contributed by atoms with Gasteiger partial charge in [-0.1, -0.05) is 6.07 Å². The highest BCUT2D eigenvalue weighted by Gasteiger charge is 2.45. The largest absolute Gasteiger partial charge is 0.493 e. The molecule has 2 rings (SSSR count). The summed E-state index contributed by atoms with van der Waals surface area (Å²) in [6.45, 7) is 3.76. The lowest BCUT2D eigenvalue weighted by atomic mass is 10.0. The number of nitrogens with zero attached hydrogens (tertiary/aromatic N) is 1. The van der Waals surface area contributed by atoms with E-state index in [9.17, 15) is 9.59 Å². The van der Waals surface area contributed by atoms with Gasteiger partial charge in [0.25, 0.3) is 5.91 Å². The van der Waals surface area contributed by atoms with E-state index >= 15 is 0 Å². The smallest absolute Gasteiger partial charge is 0.325 e. The number of amides is 3. The van der Waals surface area contributed by atoms with Crippen LogP contribution in [0.5, 0.6) is 11.5 Å². The van der Waals surface area contributed by atoms with E-state index in [2.05, 4.69) is 5.32 Å². The Bertz CT molecular complexity index is 554. The third kappa shape index (κ3) is 2.29. The van der Waals surface area contributed by atoms with E-state index < -0.39 is 5.54 Å². The quantitative estimate of drug-likeness (QED) is 0.848. The first kappa shape index (κ1) is 14.2. The van der Waals surface area contributed by atoms with E-state index in [1.54, 1.807) is 40.2 Å². The van der Waals surface area contributed by atoms with Crippen LogP contribution in [-0.4, -0.2) is 36.6 Å². The first-order valence-corrected chi connectivity index (χ1v) is 6.24. The van der Waals surface area contributed by atoms with Gasteiger partial charge in [0.05, 0.1) is 14.2 Å². The first-order chi connectivity index (χ1) is 9.40. The van der Waals surface area contributed by atoms with E-state index in [0.717, 1.165) is 5.56 Å². The van der Waals surface area contributed by atoms with Crippen molar-refractivity contribution in [1.82, 2.24) is 10.2 Å². The maximum absolute atomic E-state index is 11.8. The second-order valence-electron chi connectivity index (χ2n) is 5.09. The van der Waals surface area contributed by atoms with E-state index in [1.807, 2.05) is 6.07 Å². The highest BCUT2D eigenvalue weighted by molar-refractivity contribution is 6.06. The summed E-state index contributed by atoms with van der Waals surface area (Å²) < 4.78 is 10.4. The Morgan fingerprint density at radius 2 is 1.80 bits per heavy atom. The molecule has 0 aliphatic carbocycles. The number of urea groups is 1. The van der Waals surface area contributed by atoms with Crippen LogP contribution in [0.25, 0.3) is 0 Å². The van der Waals surface area contributed by atoms with Gasteiger partial charge in [-0.2, -0.15) is 0 Å². The molecule has 20 heavy (non-hydrogen) atoms. The Morgan fingerprint density at radius 3 is 2.30 bits per heavy atom. The Kier molecular flexibility index (Phi) is 3.57. The highest BCUT2D eigenvalue weighted by atomic mass is 16.5. The monoisotopic (exact) mass is 278 g/mol. The number of benzene rings is 1.